The number of rotatable bonds is 5. The maximum absolute atomic E-state index is 14.4. The molecule has 0 atom stereocenters. The van der Waals surface area contributed by atoms with Gasteiger partial charge in [-0.25, -0.2) is 13.8 Å². The van der Waals surface area contributed by atoms with Crippen LogP contribution in [0.15, 0.2) is 66.9 Å². The summed E-state index contributed by atoms with van der Waals surface area (Å²) >= 11 is 0. The van der Waals surface area contributed by atoms with E-state index in [-0.39, 0.29) is 23.6 Å². The number of aromatic nitrogens is 2. The normalized spacial score (nSPS) is 11.0. The van der Waals surface area contributed by atoms with Gasteiger partial charge in [0.1, 0.15) is 28.8 Å². The Labute approximate surface area is 166 Å². The van der Waals surface area contributed by atoms with Crippen LogP contribution in [0.5, 0.6) is 0 Å². The monoisotopic (exact) mass is 391 g/mol. The van der Waals surface area contributed by atoms with Gasteiger partial charge in [-0.2, -0.15) is 0 Å². The van der Waals surface area contributed by atoms with Crippen LogP contribution in [-0.2, 0) is 11.2 Å². The number of nitrogens with zero attached hydrogens (tertiary/aromatic N) is 2. The summed E-state index contributed by atoms with van der Waals surface area (Å²) in [5.74, 6) is -1.08. The Morgan fingerprint density at radius 3 is 2.66 bits per heavy atom. The van der Waals surface area contributed by atoms with Gasteiger partial charge in [-0.05, 0) is 54.8 Å². The van der Waals surface area contributed by atoms with Gasteiger partial charge in [-0.3, -0.25) is 9.20 Å². The maximum Gasteiger partial charge on any atom is 0.225 e. The number of aryl methyl sites for hydroxylation is 2. The first-order valence-electron chi connectivity index (χ1n) is 9.29. The van der Waals surface area contributed by atoms with Gasteiger partial charge < -0.3 is 5.32 Å². The third-order valence-electron chi connectivity index (χ3n) is 4.71. The molecule has 1 N–H and O–H groups in total. The van der Waals surface area contributed by atoms with Crippen molar-refractivity contribution in [1.82, 2.24) is 9.38 Å². The molecule has 0 aliphatic heterocycles. The van der Waals surface area contributed by atoms with Gasteiger partial charge in [0, 0.05) is 18.2 Å². The quantitative estimate of drug-likeness (QED) is 0.511. The van der Waals surface area contributed by atoms with E-state index in [0.29, 0.717) is 17.9 Å². The summed E-state index contributed by atoms with van der Waals surface area (Å²) in [7, 11) is 0. The Kier molecular flexibility index (Phi) is 5.08. The van der Waals surface area contributed by atoms with Crippen molar-refractivity contribution in [3.8, 4) is 11.3 Å². The maximum atomic E-state index is 14.4. The van der Waals surface area contributed by atoms with E-state index in [4.69, 9.17) is 0 Å². The molecule has 2 heterocycles. The first-order valence-corrected chi connectivity index (χ1v) is 9.29. The average Bonchev–Trinajstić information content (AvgIpc) is 3.06. The zero-order valence-corrected chi connectivity index (χ0v) is 15.8. The second-order valence-electron chi connectivity index (χ2n) is 6.90. The van der Waals surface area contributed by atoms with Crippen molar-refractivity contribution in [2.75, 3.05) is 5.32 Å². The van der Waals surface area contributed by atoms with Crippen LogP contribution in [0.4, 0.5) is 14.6 Å². The lowest BCUT2D eigenvalue weighted by Crippen LogP contribution is -2.14. The van der Waals surface area contributed by atoms with Gasteiger partial charge in [-0.15, -0.1) is 0 Å². The van der Waals surface area contributed by atoms with Gasteiger partial charge in [0.15, 0.2) is 0 Å². The van der Waals surface area contributed by atoms with Crippen LogP contribution in [0.25, 0.3) is 16.9 Å². The van der Waals surface area contributed by atoms with Crippen molar-refractivity contribution in [3.63, 3.8) is 0 Å². The molecular formula is C23H19F2N3O. The second kappa shape index (κ2) is 7.83. The largest absolute Gasteiger partial charge is 0.310 e. The first kappa shape index (κ1) is 18.8. The van der Waals surface area contributed by atoms with E-state index in [0.717, 1.165) is 29.3 Å². The fourth-order valence-electron chi connectivity index (χ4n) is 3.23. The Balaban J connectivity index is 1.70. The van der Waals surface area contributed by atoms with Crippen LogP contribution in [0.3, 0.4) is 0 Å². The number of benzene rings is 2. The van der Waals surface area contributed by atoms with Gasteiger partial charge in [0.05, 0.1) is 0 Å². The number of imidazole rings is 1. The van der Waals surface area contributed by atoms with Gasteiger partial charge in [0.25, 0.3) is 0 Å². The third-order valence-corrected chi connectivity index (χ3v) is 4.71. The first-order chi connectivity index (χ1) is 14.0. The molecule has 0 radical (unpaired) electrons. The lowest BCUT2D eigenvalue weighted by Gasteiger charge is -2.09. The molecule has 0 saturated heterocycles. The number of carbonyl (C=O) groups is 1. The zero-order chi connectivity index (χ0) is 20.4. The smallest absolute Gasteiger partial charge is 0.225 e. The van der Waals surface area contributed by atoms with E-state index in [2.05, 4.69) is 10.3 Å². The molecule has 146 valence electrons. The minimum atomic E-state index is -0.605. The summed E-state index contributed by atoms with van der Waals surface area (Å²) in [4.78, 5) is 17.1. The molecular weight excluding hydrogens is 372 g/mol. The van der Waals surface area contributed by atoms with Crippen LogP contribution in [-0.4, -0.2) is 15.3 Å². The van der Waals surface area contributed by atoms with Crippen molar-refractivity contribution in [1.29, 1.82) is 0 Å². The number of amides is 1. The number of halogens is 2. The highest BCUT2D eigenvalue weighted by molar-refractivity contribution is 5.94. The Bertz CT molecular complexity index is 1190. The van der Waals surface area contributed by atoms with Crippen LogP contribution in [0, 0.1) is 18.6 Å². The number of hydrogen-bond donors (Lipinski definition) is 1. The molecule has 29 heavy (non-hydrogen) atoms. The van der Waals surface area contributed by atoms with E-state index < -0.39 is 11.6 Å². The van der Waals surface area contributed by atoms with Crippen LogP contribution >= 0.6 is 0 Å². The highest BCUT2D eigenvalue weighted by atomic mass is 19.1. The summed E-state index contributed by atoms with van der Waals surface area (Å²) in [6.45, 7) is 1.91. The molecule has 2 aromatic carbocycles. The van der Waals surface area contributed by atoms with E-state index in [9.17, 15) is 13.6 Å². The summed E-state index contributed by atoms with van der Waals surface area (Å²) in [5, 5.41) is 2.84. The van der Waals surface area contributed by atoms with E-state index in [1.807, 2.05) is 49.4 Å². The number of hydrogen-bond acceptors (Lipinski definition) is 2. The zero-order valence-electron chi connectivity index (χ0n) is 15.8. The standard InChI is InChI=1S/C23H19F2N3O/c1-15-11-12-28-20(13-15)26-22(18-14-17(24)8-9-19(18)25)23(28)27-21(29)10-7-16-5-3-2-4-6-16/h2-6,8-9,11-14H,7,10H2,1H3,(H,27,29). The molecule has 0 unspecified atom stereocenters. The molecule has 0 saturated carbocycles. The van der Waals surface area contributed by atoms with Crippen molar-refractivity contribution < 1.29 is 13.6 Å². The average molecular weight is 391 g/mol. The summed E-state index contributed by atoms with van der Waals surface area (Å²) in [5.41, 5.74) is 2.76. The fraction of sp³-hybridized carbons (Fsp3) is 0.130. The Morgan fingerprint density at radius 1 is 1.07 bits per heavy atom. The number of carbonyl (C=O) groups excluding carboxylic acids is 1. The predicted octanol–water partition coefficient (Wildman–Crippen LogP) is 5.16. The molecule has 0 spiro atoms. The fourth-order valence-corrected chi connectivity index (χ4v) is 3.23. The van der Waals surface area contributed by atoms with Crippen molar-refractivity contribution in [2.24, 2.45) is 0 Å². The van der Waals surface area contributed by atoms with Crippen LogP contribution in [0.1, 0.15) is 17.5 Å². The summed E-state index contributed by atoms with van der Waals surface area (Å²) < 4.78 is 29.9. The van der Waals surface area contributed by atoms with E-state index in [1.54, 1.807) is 10.6 Å². The third kappa shape index (κ3) is 4.01. The van der Waals surface area contributed by atoms with E-state index >= 15 is 0 Å². The Morgan fingerprint density at radius 2 is 1.86 bits per heavy atom. The van der Waals surface area contributed by atoms with Crippen molar-refractivity contribution in [3.05, 3.63) is 89.6 Å². The number of pyridine rings is 1. The van der Waals surface area contributed by atoms with Crippen LogP contribution in [0.2, 0.25) is 0 Å². The minimum Gasteiger partial charge on any atom is -0.310 e. The number of fused-ring (bicyclic) bond motifs is 1. The van der Waals surface area contributed by atoms with Gasteiger partial charge in [0.2, 0.25) is 5.91 Å². The highest BCUT2D eigenvalue weighted by Gasteiger charge is 2.19. The van der Waals surface area contributed by atoms with Crippen molar-refractivity contribution >= 4 is 17.4 Å². The molecule has 0 aliphatic rings. The van der Waals surface area contributed by atoms with Crippen molar-refractivity contribution in [2.45, 2.75) is 19.8 Å². The summed E-state index contributed by atoms with van der Waals surface area (Å²) in [6.07, 6.45) is 2.59. The molecule has 1 amide bonds. The predicted molar refractivity (Wildman–Crippen MR) is 109 cm³/mol. The summed E-state index contributed by atoms with van der Waals surface area (Å²) in [6, 6.07) is 16.6. The number of nitrogens with one attached hydrogen (secondary N) is 1. The minimum absolute atomic E-state index is 0.00436. The van der Waals surface area contributed by atoms with Crippen LogP contribution < -0.4 is 5.32 Å². The molecule has 4 nitrogen and oxygen atoms in total. The van der Waals surface area contributed by atoms with Gasteiger partial charge >= 0.3 is 0 Å². The molecule has 4 aromatic rings. The molecule has 0 aliphatic carbocycles. The number of anilines is 1. The lowest BCUT2D eigenvalue weighted by atomic mass is 10.1. The SMILES string of the molecule is Cc1ccn2c(NC(=O)CCc3ccccc3)c(-c3cc(F)ccc3F)nc2c1. The lowest BCUT2D eigenvalue weighted by molar-refractivity contribution is -0.116. The molecule has 6 heteroatoms. The Hall–Kier alpha value is -3.54. The second-order valence-corrected chi connectivity index (χ2v) is 6.90. The molecule has 2 aromatic heterocycles. The molecule has 0 bridgehead atoms. The van der Waals surface area contributed by atoms with Gasteiger partial charge in [-0.1, -0.05) is 30.3 Å². The van der Waals surface area contributed by atoms with E-state index in [1.165, 1.54) is 0 Å². The molecule has 4 rings (SSSR count). The molecule has 0 fully saturated rings. The topological polar surface area (TPSA) is 46.4 Å². The highest BCUT2D eigenvalue weighted by Crippen LogP contribution is 2.31.